The zero-order valence-electron chi connectivity index (χ0n) is 17.5. The van der Waals surface area contributed by atoms with Crippen LogP contribution >= 0.6 is 0 Å². The molecular weight excluding hydrogens is 406 g/mol. The molecule has 0 saturated heterocycles. The number of nitrogens with one attached hydrogen (secondary N) is 3. The van der Waals surface area contributed by atoms with Crippen molar-refractivity contribution in [1.29, 1.82) is 0 Å². The van der Waals surface area contributed by atoms with E-state index < -0.39 is 0 Å². The Morgan fingerprint density at radius 2 is 1.81 bits per heavy atom. The van der Waals surface area contributed by atoms with Crippen LogP contribution in [0.15, 0.2) is 83.5 Å². The first-order valence-electron chi connectivity index (χ1n) is 10.1. The molecule has 162 valence electrons. The van der Waals surface area contributed by atoms with Gasteiger partial charge in [0.1, 0.15) is 5.76 Å². The van der Waals surface area contributed by atoms with Gasteiger partial charge in [0, 0.05) is 13.1 Å². The molecule has 2 aromatic carbocycles. The molecule has 0 saturated carbocycles. The van der Waals surface area contributed by atoms with E-state index in [9.17, 15) is 9.59 Å². The van der Waals surface area contributed by atoms with Crippen molar-refractivity contribution < 1.29 is 14.0 Å². The number of carbonyl (C=O) groups is 2. The van der Waals surface area contributed by atoms with Crippen molar-refractivity contribution in [3.05, 3.63) is 90.4 Å². The van der Waals surface area contributed by atoms with Gasteiger partial charge in [-0.3, -0.25) is 14.7 Å². The van der Waals surface area contributed by atoms with Crippen LogP contribution in [-0.4, -0.2) is 35.6 Å². The van der Waals surface area contributed by atoms with Crippen LogP contribution < -0.4 is 15.5 Å². The van der Waals surface area contributed by atoms with E-state index >= 15 is 0 Å². The molecule has 0 aliphatic heterocycles. The fourth-order valence-electron chi connectivity index (χ4n) is 3.22. The molecule has 8 heteroatoms. The third-order valence-electron chi connectivity index (χ3n) is 4.87. The van der Waals surface area contributed by atoms with E-state index in [1.807, 2.05) is 36.4 Å². The van der Waals surface area contributed by atoms with Gasteiger partial charge in [-0.15, -0.1) is 0 Å². The van der Waals surface area contributed by atoms with E-state index in [4.69, 9.17) is 4.42 Å². The molecule has 3 N–H and O–H groups in total. The van der Waals surface area contributed by atoms with Gasteiger partial charge in [0.2, 0.25) is 5.91 Å². The van der Waals surface area contributed by atoms with Crippen molar-refractivity contribution in [2.75, 3.05) is 23.8 Å². The third kappa shape index (κ3) is 5.04. The summed E-state index contributed by atoms with van der Waals surface area (Å²) < 4.78 is 5.23. The number of hydrogen-bond acceptors (Lipinski definition) is 5. The summed E-state index contributed by atoms with van der Waals surface area (Å²) in [6.07, 6.45) is 1.55. The molecule has 0 fully saturated rings. The minimum Gasteiger partial charge on any atom is -0.467 e. The fraction of sp³-hybridized carbons (Fsp3) is 0.125. The summed E-state index contributed by atoms with van der Waals surface area (Å²) in [5.41, 5.74) is 2.70. The first-order chi connectivity index (χ1) is 15.6. The van der Waals surface area contributed by atoms with Crippen LogP contribution in [0.2, 0.25) is 0 Å². The summed E-state index contributed by atoms with van der Waals surface area (Å²) in [7, 11) is 1.78. The Balaban J connectivity index is 1.38. The predicted molar refractivity (Wildman–Crippen MR) is 122 cm³/mol. The zero-order chi connectivity index (χ0) is 22.3. The van der Waals surface area contributed by atoms with Gasteiger partial charge in [-0.2, -0.15) is 5.10 Å². The van der Waals surface area contributed by atoms with Crippen molar-refractivity contribution in [3.63, 3.8) is 0 Å². The first kappa shape index (κ1) is 20.9. The Morgan fingerprint density at radius 1 is 1.03 bits per heavy atom. The van der Waals surface area contributed by atoms with Gasteiger partial charge in [0.25, 0.3) is 5.91 Å². The Bertz CT molecular complexity index is 1190. The number of furan rings is 1. The normalized spacial score (nSPS) is 10.5. The van der Waals surface area contributed by atoms with Crippen LogP contribution in [0.1, 0.15) is 16.1 Å². The molecule has 0 bridgehead atoms. The number of rotatable bonds is 8. The van der Waals surface area contributed by atoms with Crippen molar-refractivity contribution >= 4 is 23.3 Å². The second-order valence-corrected chi connectivity index (χ2v) is 7.22. The quantitative estimate of drug-likeness (QED) is 0.397. The van der Waals surface area contributed by atoms with Gasteiger partial charge < -0.3 is 20.0 Å². The lowest BCUT2D eigenvalue weighted by molar-refractivity contribution is -0.114. The monoisotopic (exact) mass is 429 g/mol. The number of aromatic amines is 1. The number of amides is 2. The molecule has 0 atom stereocenters. The predicted octanol–water partition coefficient (Wildman–Crippen LogP) is 3.67. The second kappa shape index (κ2) is 9.65. The minimum atomic E-state index is -0.301. The van der Waals surface area contributed by atoms with Crippen molar-refractivity contribution in [1.82, 2.24) is 15.5 Å². The number of benzene rings is 2. The van der Waals surface area contributed by atoms with Gasteiger partial charge in [-0.05, 0) is 29.8 Å². The SMILES string of the molecule is CN(CC(=O)Nc1ccccc1C(=O)NCc1ccco1)c1cc(-c2ccccc2)[nH]n1. The number of nitrogens with zero attached hydrogens (tertiary/aromatic N) is 2. The lowest BCUT2D eigenvalue weighted by atomic mass is 10.1. The van der Waals surface area contributed by atoms with Crippen molar-refractivity contribution in [3.8, 4) is 11.3 Å². The second-order valence-electron chi connectivity index (χ2n) is 7.22. The van der Waals surface area contributed by atoms with Gasteiger partial charge in [0.05, 0.1) is 36.3 Å². The first-order valence-corrected chi connectivity index (χ1v) is 10.1. The maximum atomic E-state index is 12.7. The molecule has 0 unspecified atom stereocenters. The van der Waals surface area contributed by atoms with Crippen LogP contribution in [0.3, 0.4) is 0 Å². The molecule has 8 nitrogen and oxygen atoms in total. The van der Waals surface area contributed by atoms with E-state index in [2.05, 4.69) is 20.8 Å². The van der Waals surface area contributed by atoms with E-state index in [-0.39, 0.29) is 24.9 Å². The van der Waals surface area contributed by atoms with Crippen LogP contribution in [0.25, 0.3) is 11.3 Å². The van der Waals surface area contributed by atoms with Gasteiger partial charge >= 0.3 is 0 Å². The third-order valence-corrected chi connectivity index (χ3v) is 4.87. The smallest absolute Gasteiger partial charge is 0.253 e. The lowest BCUT2D eigenvalue weighted by Gasteiger charge is -2.16. The average molecular weight is 429 g/mol. The van der Waals surface area contributed by atoms with Gasteiger partial charge in [-0.1, -0.05) is 42.5 Å². The van der Waals surface area contributed by atoms with E-state index in [0.29, 0.717) is 22.8 Å². The van der Waals surface area contributed by atoms with Crippen molar-refractivity contribution in [2.45, 2.75) is 6.54 Å². The summed E-state index contributed by atoms with van der Waals surface area (Å²) in [6, 6.07) is 22.1. The number of hydrogen-bond donors (Lipinski definition) is 3. The molecule has 2 aromatic heterocycles. The summed E-state index contributed by atoms with van der Waals surface area (Å²) in [4.78, 5) is 27.0. The molecule has 2 amide bonds. The fourth-order valence-corrected chi connectivity index (χ4v) is 3.22. The highest BCUT2D eigenvalue weighted by Crippen LogP contribution is 2.21. The molecule has 32 heavy (non-hydrogen) atoms. The Morgan fingerprint density at radius 3 is 2.59 bits per heavy atom. The minimum absolute atomic E-state index is 0.0709. The molecular formula is C24H23N5O3. The standard InChI is InChI=1S/C24H23N5O3/c1-29(22-14-21(27-28-22)17-8-3-2-4-9-17)16-23(30)26-20-12-6-5-11-19(20)24(31)25-15-18-10-7-13-32-18/h2-14H,15-16H2,1H3,(H,25,31)(H,26,30)(H,27,28). The number of carbonyl (C=O) groups excluding carboxylic acids is 2. The molecule has 0 aliphatic rings. The highest BCUT2D eigenvalue weighted by Gasteiger charge is 2.16. The number of aromatic nitrogens is 2. The highest BCUT2D eigenvalue weighted by molar-refractivity contribution is 6.04. The van der Waals surface area contributed by atoms with Gasteiger partial charge in [0.15, 0.2) is 5.82 Å². The van der Waals surface area contributed by atoms with Crippen LogP contribution in [0.4, 0.5) is 11.5 Å². The Labute approximate surface area is 185 Å². The number of anilines is 2. The topological polar surface area (TPSA) is 103 Å². The Kier molecular flexibility index (Phi) is 6.31. The van der Waals surface area contributed by atoms with Gasteiger partial charge in [-0.25, -0.2) is 0 Å². The lowest BCUT2D eigenvalue weighted by Crippen LogP contribution is -2.31. The van der Waals surface area contributed by atoms with Crippen LogP contribution in [0, 0.1) is 0 Å². The summed E-state index contributed by atoms with van der Waals surface area (Å²) in [5, 5.41) is 12.9. The summed E-state index contributed by atoms with van der Waals surface area (Å²) in [6.45, 7) is 0.335. The zero-order valence-corrected chi connectivity index (χ0v) is 17.5. The average Bonchev–Trinajstić information content (AvgIpc) is 3.51. The molecule has 4 rings (SSSR count). The Hall–Kier alpha value is -4.33. The molecule has 4 aromatic rings. The van der Waals surface area contributed by atoms with Crippen molar-refractivity contribution in [2.24, 2.45) is 0 Å². The van der Waals surface area contributed by atoms with E-state index in [1.165, 1.54) is 0 Å². The van der Waals surface area contributed by atoms with E-state index in [0.717, 1.165) is 11.3 Å². The molecule has 0 radical (unpaired) electrons. The van der Waals surface area contributed by atoms with Crippen LogP contribution in [0.5, 0.6) is 0 Å². The largest absolute Gasteiger partial charge is 0.467 e. The molecule has 0 aliphatic carbocycles. The maximum Gasteiger partial charge on any atom is 0.253 e. The number of H-pyrrole nitrogens is 1. The summed E-state index contributed by atoms with van der Waals surface area (Å²) in [5.74, 6) is 0.729. The molecule has 2 heterocycles. The number of likely N-dealkylation sites (N-methyl/N-ethyl adjacent to an activating group) is 1. The maximum absolute atomic E-state index is 12.7. The summed E-state index contributed by atoms with van der Waals surface area (Å²) >= 11 is 0. The van der Waals surface area contributed by atoms with E-state index in [1.54, 1.807) is 54.6 Å². The number of para-hydroxylation sites is 1. The van der Waals surface area contributed by atoms with Crippen LogP contribution in [-0.2, 0) is 11.3 Å². The molecule has 0 spiro atoms. The highest BCUT2D eigenvalue weighted by atomic mass is 16.3.